The SMILES string of the molecule is COc1cccc(C(O)(C(=O)N(C)CC2CC(C3CCN(C(=O)O)CC3)C2)C(F)(F)F)c1. The number of amides is 2. The molecule has 1 aliphatic carbocycles. The number of nitrogens with zero attached hydrogens (tertiary/aromatic N) is 2. The second-order valence-corrected chi connectivity index (χ2v) is 8.83. The molecule has 32 heavy (non-hydrogen) atoms. The summed E-state index contributed by atoms with van der Waals surface area (Å²) >= 11 is 0. The van der Waals surface area contributed by atoms with E-state index in [1.54, 1.807) is 0 Å². The topological polar surface area (TPSA) is 90.3 Å². The highest BCUT2D eigenvalue weighted by Crippen LogP contribution is 2.45. The van der Waals surface area contributed by atoms with E-state index in [2.05, 4.69) is 0 Å². The molecule has 2 amide bonds. The van der Waals surface area contributed by atoms with Crippen LogP contribution in [0.25, 0.3) is 0 Å². The molecule has 1 unspecified atom stereocenters. The van der Waals surface area contributed by atoms with Gasteiger partial charge in [0, 0.05) is 32.2 Å². The summed E-state index contributed by atoms with van der Waals surface area (Å²) in [5.41, 5.74) is -4.25. The fourth-order valence-corrected chi connectivity index (χ4v) is 4.89. The van der Waals surface area contributed by atoms with Crippen LogP contribution in [0.4, 0.5) is 18.0 Å². The Bertz CT molecular complexity index is 835. The molecule has 2 aliphatic rings. The number of methoxy groups -OCH3 is 1. The van der Waals surface area contributed by atoms with Crippen LogP contribution in [0.1, 0.15) is 31.2 Å². The maximum Gasteiger partial charge on any atom is 0.430 e. The van der Waals surface area contributed by atoms with Crippen molar-refractivity contribution in [3.63, 3.8) is 0 Å². The Balaban J connectivity index is 1.61. The molecule has 0 radical (unpaired) electrons. The van der Waals surface area contributed by atoms with Crippen molar-refractivity contribution in [2.75, 3.05) is 33.8 Å². The van der Waals surface area contributed by atoms with Crippen molar-refractivity contribution < 1.29 is 37.7 Å². The Morgan fingerprint density at radius 3 is 2.34 bits per heavy atom. The molecule has 2 fully saturated rings. The summed E-state index contributed by atoms with van der Waals surface area (Å²) in [6.07, 6.45) is -3.00. The quantitative estimate of drug-likeness (QED) is 0.683. The lowest BCUT2D eigenvalue weighted by Gasteiger charge is -2.45. The number of hydrogen-bond donors (Lipinski definition) is 2. The summed E-state index contributed by atoms with van der Waals surface area (Å²) in [6, 6.07) is 4.81. The molecule has 0 aromatic heterocycles. The first-order chi connectivity index (χ1) is 15.0. The van der Waals surface area contributed by atoms with Gasteiger partial charge in [-0.05, 0) is 55.6 Å². The average Bonchev–Trinajstić information content (AvgIpc) is 2.73. The second-order valence-electron chi connectivity index (χ2n) is 8.83. The molecule has 1 saturated heterocycles. The second kappa shape index (κ2) is 9.17. The number of carbonyl (C=O) groups is 2. The molecule has 2 N–H and O–H groups in total. The fraction of sp³-hybridized carbons (Fsp3) is 0.636. The predicted molar refractivity (Wildman–Crippen MR) is 109 cm³/mol. The highest BCUT2D eigenvalue weighted by Gasteiger charge is 2.62. The molecule has 1 saturated carbocycles. The molecule has 0 spiro atoms. The molecule has 1 heterocycles. The van der Waals surface area contributed by atoms with Crippen LogP contribution in [-0.2, 0) is 10.4 Å². The largest absolute Gasteiger partial charge is 0.497 e. The molecule has 7 nitrogen and oxygen atoms in total. The lowest BCUT2D eigenvalue weighted by atomic mass is 9.66. The Morgan fingerprint density at radius 1 is 1.19 bits per heavy atom. The maximum atomic E-state index is 13.9. The van der Waals surface area contributed by atoms with Gasteiger partial charge in [0.15, 0.2) is 0 Å². The molecule has 10 heteroatoms. The highest BCUT2D eigenvalue weighted by atomic mass is 19.4. The highest BCUT2D eigenvalue weighted by molar-refractivity contribution is 5.87. The van der Waals surface area contributed by atoms with Crippen LogP contribution in [0.3, 0.4) is 0 Å². The zero-order valence-electron chi connectivity index (χ0n) is 18.1. The molecule has 1 aliphatic heterocycles. The Hall–Kier alpha value is -2.49. The van der Waals surface area contributed by atoms with Crippen molar-refractivity contribution in [2.24, 2.45) is 17.8 Å². The molecular weight excluding hydrogens is 429 g/mol. The van der Waals surface area contributed by atoms with E-state index in [4.69, 9.17) is 9.84 Å². The van der Waals surface area contributed by atoms with Crippen LogP contribution in [0.2, 0.25) is 0 Å². The van der Waals surface area contributed by atoms with Crippen LogP contribution in [0.15, 0.2) is 24.3 Å². The first-order valence-electron chi connectivity index (χ1n) is 10.6. The first-order valence-corrected chi connectivity index (χ1v) is 10.6. The standard InChI is InChI=1S/C22H29F3N2O5/c1-26(13-14-10-16(11-14)15-6-8-27(9-7-15)20(29)30)19(28)21(31,22(23,24)25)17-4-3-5-18(12-17)32-2/h3-5,12,14-16,31H,6-11,13H2,1-2H3,(H,29,30). The predicted octanol–water partition coefficient (Wildman–Crippen LogP) is 3.32. The first kappa shape index (κ1) is 24.2. The van der Waals surface area contributed by atoms with E-state index in [1.807, 2.05) is 0 Å². The van der Waals surface area contributed by atoms with Crippen molar-refractivity contribution in [3.8, 4) is 5.75 Å². The third-order valence-electron chi connectivity index (χ3n) is 6.83. The lowest BCUT2D eigenvalue weighted by Crippen LogP contribution is -2.56. The van der Waals surface area contributed by atoms with Gasteiger partial charge in [0.25, 0.3) is 11.5 Å². The van der Waals surface area contributed by atoms with Crippen LogP contribution < -0.4 is 4.74 Å². The van der Waals surface area contributed by atoms with Crippen LogP contribution >= 0.6 is 0 Å². The molecule has 1 atom stereocenters. The van der Waals surface area contributed by atoms with E-state index in [1.165, 1.54) is 31.2 Å². The van der Waals surface area contributed by atoms with E-state index in [0.717, 1.165) is 42.7 Å². The zero-order valence-corrected chi connectivity index (χ0v) is 18.1. The van der Waals surface area contributed by atoms with Crippen LogP contribution in [0.5, 0.6) is 5.75 Å². The molecule has 1 aromatic rings. The number of carboxylic acid groups (broad SMARTS) is 1. The molecule has 1 aromatic carbocycles. The van der Waals surface area contributed by atoms with Gasteiger partial charge in [-0.3, -0.25) is 4.79 Å². The number of piperidine rings is 1. The van der Waals surface area contributed by atoms with Gasteiger partial charge in [0.05, 0.1) is 7.11 Å². The minimum Gasteiger partial charge on any atom is -0.497 e. The van der Waals surface area contributed by atoms with Crippen molar-refractivity contribution in [1.29, 1.82) is 0 Å². The summed E-state index contributed by atoms with van der Waals surface area (Å²) in [5, 5.41) is 19.6. The van der Waals surface area contributed by atoms with Crippen molar-refractivity contribution >= 4 is 12.0 Å². The summed E-state index contributed by atoms with van der Waals surface area (Å²) < 4.78 is 46.6. The van der Waals surface area contributed by atoms with Crippen molar-refractivity contribution in [1.82, 2.24) is 9.80 Å². The average molecular weight is 458 g/mol. The normalized spacial score (nSPS) is 23.8. The van der Waals surface area contributed by atoms with Gasteiger partial charge in [-0.1, -0.05) is 12.1 Å². The minimum atomic E-state index is -5.20. The number of aliphatic hydroxyl groups is 1. The van der Waals surface area contributed by atoms with E-state index < -0.39 is 29.3 Å². The number of benzene rings is 1. The summed E-state index contributed by atoms with van der Waals surface area (Å²) in [7, 11) is 2.57. The maximum absolute atomic E-state index is 13.9. The number of likely N-dealkylation sites (tertiary alicyclic amines) is 1. The third kappa shape index (κ3) is 4.65. The zero-order chi connectivity index (χ0) is 23.7. The van der Waals surface area contributed by atoms with Gasteiger partial charge in [0.1, 0.15) is 5.75 Å². The summed E-state index contributed by atoms with van der Waals surface area (Å²) in [5.74, 6) is -0.479. The van der Waals surface area contributed by atoms with Crippen LogP contribution in [0, 0.1) is 17.8 Å². The lowest BCUT2D eigenvalue weighted by molar-refractivity contribution is -0.261. The Kier molecular flexibility index (Phi) is 6.92. The summed E-state index contributed by atoms with van der Waals surface area (Å²) in [4.78, 5) is 26.2. The number of alkyl halides is 3. The molecule has 178 valence electrons. The van der Waals surface area contributed by atoms with E-state index in [-0.39, 0.29) is 18.2 Å². The Labute approximate surface area is 184 Å². The monoisotopic (exact) mass is 458 g/mol. The van der Waals surface area contributed by atoms with E-state index in [0.29, 0.717) is 24.9 Å². The van der Waals surface area contributed by atoms with Gasteiger partial charge in [-0.15, -0.1) is 0 Å². The third-order valence-corrected chi connectivity index (χ3v) is 6.83. The number of carbonyl (C=O) groups excluding carboxylic acids is 1. The fourth-order valence-electron chi connectivity index (χ4n) is 4.89. The van der Waals surface area contributed by atoms with Gasteiger partial charge in [0.2, 0.25) is 0 Å². The molecular formula is C22H29F3N2O5. The van der Waals surface area contributed by atoms with Crippen LogP contribution in [-0.4, -0.2) is 72.0 Å². The van der Waals surface area contributed by atoms with Gasteiger partial charge >= 0.3 is 12.3 Å². The molecule has 0 bridgehead atoms. The number of likely N-dealkylation sites (N-methyl/N-ethyl adjacent to an activating group) is 1. The molecule has 3 rings (SSSR count). The van der Waals surface area contributed by atoms with Gasteiger partial charge in [-0.25, -0.2) is 4.79 Å². The number of halogens is 3. The van der Waals surface area contributed by atoms with Crippen molar-refractivity contribution in [2.45, 2.75) is 37.5 Å². The van der Waals surface area contributed by atoms with Gasteiger partial charge < -0.3 is 24.7 Å². The minimum absolute atomic E-state index is 0.0502. The summed E-state index contributed by atoms with van der Waals surface area (Å²) in [6.45, 7) is 1.11. The van der Waals surface area contributed by atoms with E-state index in [9.17, 15) is 27.9 Å². The van der Waals surface area contributed by atoms with Gasteiger partial charge in [-0.2, -0.15) is 13.2 Å². The number of hydrogen-bond acceptors (Lipinski definition) is 4. The Morgan fingerprint density at radius 2 is 1.81 bits per heavy atom. The van der Waals surface area contributed by atoms with Crippen molar-refractivity contribution in [3.05, 3.63) is 29.8 Å². The number of rotatable bonds is 6. The van der Waals surface area contributed by atoms with E-state index >= 15 is 0 Å². The smallest absolute Gasteiger partial charge is 0.430 e. The number of ether oxygens (including phenoxy) is 1.